The Labute approximate surface area is 126 Å². The minimum absolute atomic E-state index is 0.189. The zero-order valence-corrected chi connectivity index (χ0v) is 12.9. The molecule has 21 heavy (non-hydrogen) atoms. The number of rotatable bonds is 4. The van der Waals surface area contributed by atoms with Gasteiger partial charge in [-0.1, -0.05) is 19.1 Å². The Morgan fingerprint density at radius 2 is 1.76 bits per heavy atom. The fraction of sp³-hybridized carbons (Fsp3) is 0.188. The summed E-state index contributed by atoms with van der Waals surface area (Å²) in [6.45, 7) is 3.49. The summed E-state index contributed by atoms with van der Waals surface area (Å²) < 4.78 is 12.5. The van der Waals surface area contributed by atoms with Crippen molar-refractivity contribution in [3.63, 3.8) is 0 Å². The van der Waals surface area contributed by atoms with Crippen molar-refractivity contribution in [2.75, 3.05) is 11.1 Å². The van der Waals surface area contributed by atoms with Gasteiger partial charge in [-0.15, -0.1) is 0 Å². The van der Waals surface area contributed by atoms with E-state index in [0.717, 1.165) is 11.3 Å². The van der Waals surface area contributed by atoms with Crippen molar-refractivity contribution >= 4 is 28.1 Å². The van der Waals surface area contributed by atoms with Crippen molar-refractivity contribution in [1.29, 1.82) is 0 Å². The zero-order valence-electron chi connectivity index (χ0n) is 12.1. The summed E-state index contributed by atoms with van der Waals surface area (Å²) in [5.41, 5.74) is 8.02. The second kappa shape index (κ2) is 6.54. The first-order valence-electron chi connectivity index (χ1n) is 6.69. The number of anilines is 2. The Morgan fingerprint density at radius 1 is 1.14 bits per heavy atom. The molecule has 0 aromatic heterocycles. The lowest BCUT2D eigenvalue weighted by atomic mass is 10.2. The van der Waals surface area contributed by atoms with Gasteiger partial charge in [0.25, 0.3) is 0 Å². The molecule has 4 nitrogen and oxygen atoms in total. The van der Waals surface area contributed by atoms with E-state index in [1.54, 1.807) is 18.2 Å². The van der Waals surface area contributed by atoms with Crippen molar-refractivity contribution in [1.82, 2.24) is 0 Å². The number of carbonyl (C=O) groups excluding carboxylic acids is 1. The topological polar surface area (TPSA) is 72.2 Å². The molecule has 0 aliphatic rings. The van der Waals surface area contributed by atoms with Crippen LogP contribution < -0.4 is 11.1 Å². The van der Waals surface area contributed by atoms with Gasteiger partial charge in [-0.05, 0) is 42.3 Å². The van der Waals surface area contributed by atoms with Crippen LogP contribution in [0.2, 0.25) is 0 Å². The molecule has 0 aliphatic heterocycles. The van der Waals surface area contributed by atoms with Crippen LogP contribution in [0, 0.1) is 0 Å². The molecule has 1 atom stereocenters. The van der Waals surface area contributed by atoms with E-state index in [1.807, 2.05) is 24.3 Å². The van der Waals surface area contributed by atoms with Gasteiger partial charge in [0.1, 0.15) is 0 Å². The predicted octanol–water partition coefficient (Wildman–Crippen LogP) is 2.96. The molecule has 0 heterocycles. The Kier molecular flexibility index (Phi) is 4.75. The molecule has 0 spiro atoms. The molecule has 0 radical (unpaired) electrons. The first-order chi connectivity index (χ1) is 10.0. The van der Waals surface area contributed by atoms with Crippen molar-refractivity contribution in [3.8, 4) is 0 Å². The summed E-state index contributed by atoms with van der Waals surface area (Å²) in [7, 11) is -1.28. The predicted molar refractivity (Wildman–Crippen MR) is 85.7 cm³/mol. The second-order valence-electron chi connectivity index (χ2n) is 4.70. The lowest BCUT2D eigenvalue weighted by Gasteiger charge is -2.09. The Bertz CT molecular complexity index is 681. The molecule has 2 aromatic carbocycles. The summed E-state index contributed by atoms with van der Waals surface area (Å²) in [5.74, 6) is -0.189. The summed E-state index contributed by atoms with van der Waals surface area (Å²) in [6.07, 6.45) is 0.950. The minimum Gasteiger partial charge on any atom is -0.397 e. The first-order valence-corrected chi connectivity index (χ1v) is 7.84. The van der Waals surface area contributed by atoms with Gasteiger partial charge in [-0.2, -0.15) is 0 Å². The molecule has 110 valence electrons. The minimum atomic E-state index is -1.28. The maximum Gasteiger partial charge on any atom is 0.221 e. The Morgan fingerprint density at radius 3 is 2.29 bits per heavy atom. The van der Waals surface area contributed by atoms with Crippen molar-refractivity contribution in [2.45, 2.75) is 30.1 Å². The van der Waals surface area contributed by atoms with Crippen LogP contribution in [0.15, 0.2) is 52.3 Å². The summed E-state index contributed by atoms with van der Waals surface area (Å²) in [4.78, 5) is 12.4. The molecule has 1 unspecified atom stereocenters. The number of nitrogens with one attached hydrogen (secondary N) is 1. The lowest BCUT2D eigenvalue weighted by molar-refractivity contribution is -0.114. The molecule has 0 saturated heterocycles. The summed E-state index contributed by atoms with van der Waals surface area (Å²) in [6, 6.07) is 12.7. The fourth-order valence-electron chi connectivity index (χ4n) is 1.94. The van der Waals surface area contributed by atoms with E-state index in [2.05, 4.69) is 12.2 Å². The van der Waals surface area contributed by atoms with E-state index < -0.39 is 10.8 Å². The van der Waals surface area contributed by atoms with Crippen LogP contribution in [-0.4, -0.2) is 10.1 Å². The Hall–Kier alpha value is -2.14. The van der Waals surface area contributed by atoms with Crippen LogP contribution in [0.3, 0.4) is 0 Å². The molecular weight excluding hydrogens is 284 g/mol. The highest BCUT2D eigenvalue weighted by atomic mass is 32.2. The van der Waals surface area contributed by atoms with E-state index in [4.69, 9.17) is 5.73 Å². The highest BCUT2D eigenvalue weighted by molar-refractivity contribution is 7.85. The third-order valence-corrected chi connectivity index (χ3v) is 4.48. The third-order valence-electron chi connectivity index (χ3n) is 3.09. The molecule has 0 bridgehead atoms. The van der Waals surface area contributed by atoms with Crippen molar-refractivity contribution in [3.05, 3.63) is 48.0 Å². The monoisotopic (exact) mass is 302 g/mol. The average Bonchev–Trinajstić information content (AvgIpc) is 2.48. The fourth-order valence-corrected chi connectivity index (χ4v) is 3.03. The van der Waals surface area contributed by atoms with Crippen LogP contribution in [0.25, 0.3) is 0 Å². The highest BCUT2D eigenvalue weighted by Gasteiger charge is 2.10. The van der Waals surface area contributed by atoms with Gasteiger partial charge in [0.2, 0.25) is 5.91 Å². The number of hydrogen-bond acceptors (Lipinski definition) is 3. The summed E-state index contributed by atoms with van der Waals surface area (Å²) in [5, 5.41) is 2.63. The molecule has 2 aromatic rings. The van der Waals surface area contributed by atoms with E-state index >= 15 is 0 Å². The van der Waals surface area contributed by atoms with E-state index in [-0.39, 0.29) is 5.91 Å². The van der Waals surface area contributed by atoms with E-state index in [1.165, 1.54) is 12.5 Å². The molecule has 0 saturated carbocycles. The van der Waals surface area contributed by atoms with Crippen LogP contribution in [-0.2, 0) is 22.0 Å². The molecular formula is C16H18N2O2S. The molecule has 0 fully saturated rings. The molecule has 5 heteroatoms. The number of aryl methyl sites for hydroxylation is 1. The Balaban J connectivity index is 2.26. The lowest BCUT2D eigenvalue weighted by Crippen LogP contribution is -2.08. The smallest absolute Gasteiger partial charge is 0.221 e. The average molecular weight is 302 g/mol. The zero-order chi connectivity index (χ0) is 15.4. The highest BCUT2D eigenvalue weighted by Crippen LogP contribution is 2.24. The second-order valence-corrected chi connectivity index (χ2v) is 6.18. The van der Waals surface area contributed by atoms with Crippen LogP contribution in [0.5, 0.6) is 0 Å². The number of benzene rings is 2. The van der Waals surface area contributed by atoms with Gasteiger partial charge in [0.05, 0.1) is 22.2 Å². The number of amides is 1. The first kappa shape index (κ1) is 15.3. The van der Waals surface area contributed by atoms with Crippen LogP contribution in [0.1, 0.15) is 19.4 Å². The van der Waals surface area contributed by atoms with Gasteiger partial charge in [0.15, 0.2) is 0 Å². The third kappa shape index (κ3) is 3.70. The van der Waals surface area contributed by atoms with Gasteiger partial charge in [-0.25, -0.2) is 4.21 Å². The SMILES string of the molecule is CCc1ccc(S(=O)c2ccc(NC(C)=O)c(N)c2)cc1. The normalized spacial score (nSPS) is 11.9. The van der Waals surface area contributed by atoms with Gasteiger partial charge >= 0.3 is 0 Å². The van der Waals surface area contributed by atoms with Crippen molar-refractivity contribution in [2.24, 2.45) is 0 Å². The van der Waals surface area contributed by atoms with Gasteiger partial charge < -0.3 is 11.1 Å². The van der Waals surface area contributed by atoms with E-state index in [0.29, 0.717) is 16.3 Å². The number of carbonyl (C=O) groups is 1. The van der Waals surface area contributed by atoms with Crippen LogP contribution in [0.4, 0.5) is 11.4 Å². The quantitative estimate of drug-likeness (QED) is 0.853. The van der Waals surface area contributed by atoms with Gasteiger partial charge in [-0.3, -0.25) is 4.79 Å². The molecule has 2 rings (SSSR count). The van der Waals surface area contributed by atoms with Gasteiger partial charge in [0, 0.05) is 16.7 Å². The van der Waals surface area contributed by atoms with E-state index in [9.17, 15) is 9.00 Å². The standard InChI is InChI=1S/C16H18N2O2S/c1-3-12-4-6-13(7-5-12)21(20)14-8-9-16(15(17)10-14)18-11(2)19/h4-10H,3,17H2,1-2H3,(H,18,19). The molecule has 0 aliphatic carbocycles. The molecule has 1 amide bonds. The summed E-state index contributed by atoms with van der Waals surface area (Å²) >= 11 is 0. The maximum absolute atomic E-state index is 12.5. The largest absolute Gasteiger partial charge is 0.397 e. The van der Waals surface area contributed by atoms with Crippen molar-refractivity contribution < 1.29 is 9.00 Å². The maximum atomic E-state index is 12.5. The molecule has 3 N–H and O–H groups in total. The number of nitrogen functional groups attached to an aromatic ring is 1. The number of nitrogens with two attached hydrogens (primary N) is 1. The number of hydrogen-bond donors (Lipinski definition) is 2. The van der Waals surface area contributed by atoms with Crippen LogP contribution >= 0.6 is 0 Å².